The summed E-state index contributed by atoms with van der Waals surface area (Å²) in [6.07, 6.45) is 0. The minimum Gasteiger partial charge on any atom is -0.339 e. The summed E-state index contributed by atoms with van der Waals surface area (Å²) >= 11 is 5.72. The first-order valence-electron chi connectivity index (χ1n) is 6.14. The number of anilines is 2. The van der Waals surface area contributed by atoms with E-state index in [1.54, 1.807) is 48.3 Å². The van der Waals surface area contributed by atoms with E-state index in [0.29, 0.717) is 16.8 Å². The van der Waals surface area contributed by atoms with E-state index in [-0.39, 0.29) is 11.6 Å². The maximum atomic E-state index is 11.2. The maximum Gasteiger partial charge on any atom is 0.293 e. The number of hydrogen-bond acceptors (Lipinski definition) is 4. The van der Waals surface area contributed by atoms with Gasteiger partial charge in [-0.15, -0.1) is 11.6 Å². The number of benzene rings is 2. The molecule has 2 rings (SSSR count). The molecule has 5 nitrogen and oxygen atoms in total. The van der Waals surface area contributed by atoms with Gasteiger partial charge >= 0.3 is 0 Å². The van der Waals surface area contributed by atoms with Crippen LogP contribution in [-0.4, -0.2) is 12.0 Å². The number of nitriles is 1. The summed E-state index contributed by atoms with van der Waals surface area (Å²) in [7, 11) is 1.74. The summed E-state index contributed by atoms with van der Waals surface area (Å²) in [5.41, 5.74) is 2.47. The van der Waals surface area contributed by atoms with E-state index in [2.05, 4.69) is 0 Å². The van der Waals surface area contributed by atoms with Crippen molar-refractivity contribution in [2.75, 3.05) is 11.9 Å². The van der Waals surface area contributed by atoms with Crippen molar-refractivity contribution in [3.8, 4) is 6.07 Å². The third kappa shape index (κ3) is 3.12. The fourth-order valence-electron chi connectivity index (χ4n) is 1.98. The molecule has 0 heterocycles. The minimum absolute atomic E-state index is 0.00000900. The molecule has 6 heteroatoms. The van der Waals surface area contributed by atoms with Gasteiger partial charge in [0.25, 0.3) is 5.69 Å². The van der Waals surface area contributed by atoms with Gasteiger partial charge in [-0.2, -0.15) is 5.26 Å². The van der Waals surface area contributed by atoms with E-state index in [9.17, 15) is 10.1 Å². The topological polar surface area (TPSA) is 70.2 Å². The lowest BCUT2D eigenvalue weighted by Crippen LogP contribution is -2.11. The van der Waals surface area contributed by atoms with Gasteiger partial charge in [0.15, 0.2) is 0 Å². The SMILES string of the molecule is CN(c1ccc(C#N)cc1)c1ccc(CCl)cc1[N+](=O)[O-]. The van der Waals surface area contributed by atoms with Crippen LogP contribution in [0.15, 0.2) is 42.5 Å². The summed E-state index contributed by atoms with van der Waals surface area (Å²) in [6, 6.07) is 13.8. The van der Waals surface area contributed by atoms with Crippen LogP contribution in [0.5, 0.6) is 0 Å². The van der Waals surface area contributed by atoms with E-state index in [4.69, 9.17) is 16.9 Å². The van der Waals surface area contributed by atoms with Gasteiger partial charge in [0.1, 0.15) is 5.69 Å². The monoisotopic (exact) mass is 301 g/mol. The number of nitro benzene ring substituents is 1. The smallest absolute Gasteiger partial charge is 0.293 e. The van der Waals surface area contributed by atoms with Crippen molar-refractivity contribution in [2.45, 2.75) is 5.88 Å². The lowest BCUT2D eigenvalue weighted by Gasteiger charge is -2.19. The van der Waals surface area contributed by atoms with Crippen LogP contribution in [0.4, 0.5) is 17.1 Å². The average molecular weight is 302 g/mol. The Labute approximate surface area is 127 Å². The first-order chi connectivity index (χ1) is 10.1. The van der Waals surface area contributed by atoms with Gasteiger partial charge in [-0.3, -0.25) is 10.1 Å². The highest BCUT2D eigenvalue weighted by molar-refractivity contribution is 6.17. The summed E-state index contributed by atoms with van der Waals surface area (Å²) in [5.74, 6) is 0.224. The van der Waals surface area contributed by atoms with Crippen LogP contribution in [0.1, 0.15) is 11.1 Å². The van der Waals surface area contributed by atoms with Gasteiger partial charge in [0.05, 0.1) is 16.6 Å². The molecule has 0 spiro atoms. The van der Waals surface area contributed by atoms with Crippen LogP contribution >= 0.6 is 11.6 Å². The summed E-state index contributed by atoms with van der Waals surface area (Å²) in [5, 5.41) is 20.0. The van der Waals surface area contributed by atoms with Crippen LogP contribution in [0.3, 0.4) is 0 Å². The van der Waals surface area contributed by atoms with Crippen LogP contribution in [0.2, 0.25) is 0 Å². The Balaban J connectivity index is 2.44. The number of alkyl halides is 1. The van der Waals surface area contributed by atoms with Gasteiger partial charge in [-0.25, -0.2) is 0 Å². The number of nitrogens with zero attached hydrogens (tertiary/aromatic N) is 3. The second-order valence-corrected chi connectivity index (χ2v) is 4.70. The number of rotatable bonds is 4. The molecule has 2 aromatic rings. The molecule has 0 unspecified atom stereocenters. The summed E-state index contributed by atoms with van der Waals surface area (Å²) < 4.78 is 0. The molecule has 21 heavy (non-hydrogen) atoms. The molecular weight excluding hydrogens is 290 g/mol. The Morgan fingerprint density at radius 2 is 1.95 bits per heavy atom. The van der Waals surface area contributed by atoms with Crippen molar-refractivity contribution in [1.29, 1.82) is 5.26 Å². The molecule has 0 aliphatic heterocycles. The summed E-state index contributed by atoms with van der Waals surface area (Å²) in [4.78, 5) is 12.5. The molecule has 0 aliphatic carbocycles. The van der Waals surface area contributed by atoms with Crippen molar-refractivity contribution >= 4 is 28.7 Å². The zero-order valence-electron chi connectivity index (χ0n) is 11.3. The largest absolute Gasteiger partial charge is 0.339 e. The van der Waals surface area contributed by atoms with Crippen molar-refractivity contribution in [3.05, 3.63) is 63.7 Å². The number of halogens is 1. The Bertz CT molecular complexity index is 708. The van der Waals surface area contributed by atoms with E-state index >= 15 is 0 Å². The van der Waals surface area contributed by atoms with E-state index in [1.807, 2.05) is 6.07 Å². The highest BCUT2D eigenvalue weighted by atomic mass is 35.5. The number of nitro groups is 1. The normalized spacial score (nSPS) is 9.95. The molecule has 0 radical (unpaired) electrons. The molecule has 2 aromatic carbocycles. The van der Waals surface area contributed by atoms with Gasteiger partial charge in [0, 0.05) is 24.7 Å². The molecule has 0 aromatic heterocycles. The molecule has 0 saturated heterocycles. The lowest BCUT2D eigenvalue weighted by atomic mass is 10.1. The second kappa shape index (κ2) is 6.25. The van der Waals surface area contributed by atoms with Crippen molar-refractivity contribution in [3.63, 3.8) is 0 Å². The highest BCUT2D eigenvalue weighted by Gasteiger charge is 2.18. The lowest BCUT2D eigenvalue weighted by molar-refractivity contribution is -0.384. The van der Waals surface area contributed by atoms with Gasteiger partial charge in [-0.1, -0.05) is 6.07 Å². The van der Waals surface area contributed by atoms with Crippen LogP contribution < -0.4 is 4.90 Å². The highest BCUT2D eigenvalue weighted by Crippen LogP contribution is 2.33. The first kappa shape index (κ1) is 14.8. The van der Waals surface area contributed by atoms with Crippen molar-refractivity contribution in [2.24, 2.45) is 0 Å². The molecule has 106 valence electrons. The molecule has 0 N–H and O–H groups in total. The third-order valence-electron chi connectivity index (χ3n) is 3.14. The van der Waals surface area contributed by atoms with E-state index in [1.165, 1.54) is 6.07 Å². The van der Waals surface area contributed by atoms with Gasteiger partial charge in [-0.05, 0) is 35.9 Å². The third-order valence-corrected chi connectivity index (χ3v) is 3.44. The zero-order chi connectivity index (χ0) is 15.4. The standard InChI is InChI=1S/C15H12ClN3O2/c1-18(13-5-2-11(10-17)3-6-13)14-7-4-12(9-16)8-15(14)19(20)21/h2-8H,9H2,1H3. The van der Waals surface area contributed by atoms with E-state index in [0.717, 1.165) is 5.69 Å². The Kier molecular flexibility index (Phi) is 4.41. The van der Waals surface area contributed by atoms with Gasteiger partial charge in [0.2, 0.25) is 0 Å². The molecule has 0 fully saturated rings. The van der Waals surface area contributed by atoms with Crippen LogP contribution in [-0.2, 0) is 5.88 Å². The minimum atomic E-state index is -0.425. The fraction of sp³-hybridized carbons (Fsp3) is 0.133. The molecule has 0 aliphatic rings. The molecular formula is C15H12ClN3O2. The van der Waals surface area contributed by atoms with Crippen molar-refractivity contribution in [1.82, 2.24) is 0 Å². The second-order valence-electron chi connectivity index (χ2n) is 4.43. The number of hydrogen-bond donors (Lipinski definition) is 0. The van der Waals surface area contributed by atoms with Crippen LogP contribution in [0.25, 0.3) is 0 Å². The Morgan fingerprint density at radius 3 is 2.48 bits per heavy atom. The average Bonchev–Trinajstić information content (AvgIpc) is 2.53. The molecule has 0 saturated carbocycles. The Hall–Kier alpha value is -2.58. The Morgan fingerprint density at radius 1 is 1.29 bits per heavy atom. The molecule has 0 bridgehead atoms. The summed E-state index contributed by atoms with van der Waals surface area (Å²) in [6.45, 7) is 0. The quantitative estimate of drug-likeness (QED) is 0.486. The fourth-order valence-corrected chi connectivity index (χ4v) is 2.15. The van der Waals surface area contributed by atoms with Gasteiger partial charge < -0.3 is 4.90 Å². The predicted molar refractivity (Wildman–Crippen MR) is 81.9 cm³/mol. The van der Waals surface area contributed by atoms with E-state index < -0.39 is 4.92 Å². The maximum absolute atomic E-state index is 11.2. The van der Waals surface area contributed by atoms with Crippen molar-refractivity contribution < 1.29 is 4.92 Å². The first-order valence-corrected chi connectivity index (χ1v) is 6.67. The predicted octanol–water partition coefficient (Wildman–Crippen LogP) is 3.97. The molecule has 0 amide bonds. The zero-order valence-corrected chi connectivity index (χ0v) is 12.0. The molecule has 0 atom stereocenters. The van der Waals surface area contributed by atoms with Crippen LogP contribution in [0, 0.1) is 21.4 Å².